The Kier molecular flexibility index (Phi) is 5.71. The van der Waals surface area contributed by atoms with Gasteiger partial charge in [-0.15, -0.1) is 0 Å². The largest absolute Gasteiger partial charge is 0.494 e. The average molecular weight is 261 g/mol. The van der Waals surface area contributed by atoms with Gasteiger partial charge >= 0.3 is 0 Å². The second-order valence-corrected chi connectivity index (χ2v) is 5.71. The second-order valence-electron chi connectivity index (χ2n) is 5.71. The Hall–Kier alpha value is -1.02. The molecular weight excluding hydrogens is 234 g/mol. The number of hydrogen-bond acceptors (Lipinski definition) is 2. The first-order chi connectivity index (χ1) is 9.29. The smallest absolute Gasteiger partial charge is 0.119 e. The molecule has 0 spiro atoms. The topological polar surface area (TPSA) is 21.3 Å². The summed E-state index contributed by atoms with van der Waals surface area (Å²) in [5, 5.41) is 3.66. The Morgan fingerprint density at radius 2 is 1.89 bits per heavy atom. The van der Waals surface area contributed by atoms with Crippen molar-refractivity contribution in [1.29, 1.82) is 0 Å². The van der Waals surface area contributed by atoms with Crippen LogP contribution >= 0.6 is 0 Å². The molecule has 1 N–H and O–H groups in total. The molecule has 2 heteroatoms. The van der Waals surface area contributed by atoms with E-state index >= 15 is 0 Å². The summed E-state index contributed by atoms with van der Waals surface area (Å²) in [5.41, 5.74) is 1.34. The summed E-state index contributed by atoms with van der Waals surface area (Å²) in [7, 11) is 0. The van der Waals surface area contributed by atoms with E-state index in [4.69, 9.17) is 4.74 Å². The highest BCUT2D eigenvalue weighted by Gasteiger charge is 2.20. The molecule has 1 aliphatic carbocycles. The lowest BCUT2D eigenvalue weighted by molar-refractivity contribution is 0.317. The molecule has 2 rings (SSSR count). The van der Waals surface area contributed by atoms with Gasteiger partial charge in [0.1, 0.15) is 5.75 Å². The maximum Gasteiger partial charge on any atom is 0.119 e. The zero-order valence-corrected chi connectivity index (χ0v) is 12.3. The Morgan fingerprint density at radius 3 is 2.53 bits per heavy atom. The maximum absolute atomic E-state index is 5.60. The molecule has 1 aromatic carbocycles. The van der Waals surface area contributed by atoms with E-state index in [1.165, 1.54) is 31.2 Å². The number of rotatable bonds is 7. The van der Waals surface area contributed by atoms with Crippen molar-refractivity contribution in [2.75, 3.05) is 6.61 Å². The summed E-state index contributed by atoms with van der Waals surface area (Å²) in [6.07, 6.45) is 6.69. The van der Waals surface area contributed by atoms with Crippen LogP contribution in [0.3, 0.4) is 0 Å². The molecule has 0 aromatic heterocycles. The van der Waals surface area contributed by atoms with Crippen molar-refractivity contribution < 1.29 is 4.74 Å². The molecule has 2 nitrogen and oxygen atoms in total. The van der Waals surface area contributed by atoms with E-state index in [2.05, 4.69) is 43.4 Å². The Labute approximate surface area is 117 Å². The van der Waals surface area contributed by atoms with E-state index < -0.39 is 0 Å². The van der Waals surface area contributed by atoms with E-state index in [0.717, 1.165) is 31.2 Å². The molecule has 0 aliphatic heterocycles. The summed E-state index contributed by atoms with van der Waals surface area (Å²) in [6.45, 7) is 6.22. The SMILES string of the molecule is CCCOc1ccc(CN[C@H](C)C2CCCC2)cc1. The van der Waals surface area contributed by atoms with E-state index in [9.17, 15) is 0 Å². The highest BCUT2D eigenvalue weighted by atomic mass is 16.5. The van der Waals surface area contributed by atoms with Gasteiger partial charge in [0, 0.05) is 12.6 Å². The van der Waals surface area contributed by atoms with Crippen LogP contribution in [0.15, 0.2) is 24.3 Å². The minimum absolute atomic E-state index is 0.638. The van der Waals surface area contributed by atoms with Gasteiger partial charge in [-0.1, -0.05) is 31.9 Å². The molecule has 1 aromatic rings. The molecule has 19 heavy (non-hydrogen) atoms. The van der Waals surface area contributed by atoms with Gasteiger partial charge in [-0.05, 0) is 49.8 Å². The normalized spacial score (nSPS) is 17.6. The van der Waals surface area contributed by atoms with Crippen molar-refractivity contribution in [1.82, 2.24) is 5.32 Å². The van der Waals surface area contributed by atoms with Gasteiger partial charge in [0.05, 0.1) is 6.61 Å². The highest BCUT2D eigenvalue weighted by Crippen LogP contribution is 2.27. The zero-order chi connectivity index (χ0) is 13.5. The minimum atomic E-state index is 0.638. The van der Waals surface area contributed by atoms with Crippen molar-refractivity contribution in [2.24, 2.45) is 5.92 Å². The predicted octanol–water partition coefficient (Wildman–Crippen LogP) is 4.14. The quantitative estimate of drug-likeness (QED) is 0.796. The van der Waals surface area contributed by atoms with Crippen LogP contribution in [0, 0.1) is 5.92 Å². The van der Waals surface area contributed by atoms with Gasteiger partial charge in [0.25, 0.3) is 0 Å². The molecule has 0 radical (unpaired) electrons. The van der Waals surface area contributed by atoms with Crippen LogP contribution in [0.2, 0.25) is 0 Å². The van der Waals surface area contributed by atoms with Gasteiger partial charge in [0.2, 0.25) is 0 Å². The lowest BCUT2D eigenvalue weighted by atomic mass is 9.99. The van der Waals surface area contributed by atoms with E-state index in [-0.39, 0.29) is 0 Å². The van der Waals surface area contributed by atoms with Gasteiger partial charge in [-0.2, -0.15) is 0 Å². The number of nitrogens with one attached hydrogen (secondary N) is 1. The van der Waals surface area contributed by atoms with Gasteiger partial charge < -0.3 is 10.1 Å². The fraction of sp³-hybridized carbons (Fsp3) is 0.647. The second kappa shape index (κ2) is 7.54. The summed E-state index contributed by atoms with van der Waals surface area (Å²) < 4.78 is 5.60. The fourth-order valence-electron chi connectivity index (χ4n) is 2.83. The highest BCUT2D eigenvalue weighted by molar-refractivity contribution is 5.27. The third-order valence-electron chi connectivity index (χ3n) is 4.13. The van der Waals surface area contributed by atoms with Crippen LogP contribution in [0.4, 0.5) is 0 Å². The van der Waals surface area contributed by atoms with E-state index in [0.29, 0.717) is 6.04 Å². The fourth-order valence-corrected chi connectivity index (χ4v) is 2.83. The van der Waals surface area contributed by atoms with Crippen molar-refractivity contribution in [3.63, 3.8) is 0 Å². The summed E-state index contributed by atoms with van der Waals surface area (Å²) >= 11 is 0. The van der Waals surface area contributed by atoms with Crippen LogP contribution in [0.25, 0.3) is 0 Å². The Balaban J connectivity index is 1.75. The van der Waals surface area contributed by atoms with Crippen molar-refractivity contribution in [3.05, 3.63) is 29.8 Å². The van der Waals surface area contributed by atoms with Crippen LogP contribution in [-0.2, 0) is 6.54 Å². The van der Waals surface area contributed by atoms with Crippen LogP contribution in [-0.4, -0.2) is 12.6 Å². The molecular formula is C17H27NO. The summed E-state index contributed by atoms with van der Waals surface area (Å²) in [4.78, 5) is 0. The van der Waals surface area contributed by atoms with Crippen molar-refractivity contribution in [2.45, 2.75) is 58.5 Å². The first-order valence-electron chi connectivity index (χ1n) is 7.74. The van der Waals surface area contributed by atoms with Gasteiger partial charge in [-0.3, -0.25) is 0 Å². The minimum Gasteiger partial charge on any atom is -0.494 e. The van der Waals surface area contributed by atoms with Gasteiger partial charge in [0.15, 0.2) is 0 Å². The molecule has 0 heterocycles. The predicted molar refractivity (Wildman–Crippen MR) is 80.5 cm³/mol. The lowest BCUT2D eigenvalue weighted by Gasteiger charge is -2.20. The monoisotopic (exact) mass is 261 g/mol. The van der Waals surface area contributed by atoms with Gasteiger partial charge in [-0.25, -0.2) is 0 Å². The molecule has 106 valence electrons. The zero-order valence-electron chi connectivity index (χ0n) is 12.3. The third-order valence-corrected chi connectivity index (χ3v) is 4.13. The molecule has 1 fully saturated rings. The molecule has 0 unspecified atom stereocenters. The standard InChI is InChI=1S/C17H27NO/c1-3-12-19-17-10-8-15(9-11-17)13-18-14(2)16-6-4-5-7-16/h8-11,14,16,18H,3-7,12-13H2,1-2H3/t14-/m1/s1. The molecule has 1 aliphatic rings. The average Bonchev–Trinajstić information content (AvgIpc) is 2.98. The van der Waals surface area contributed by atoms with Crippen LogP contribution in [0.1, 0.15) is 51.5 Å². The first-order valence-corrected chi connectivity index (χ1v) is 7.74. The summed E-state index contributed by atoms with van der Waals surface area (Å²) in [6, 6.07) is 9.12. The molecule has 1 atom stereocenters. The maximum atomic E-state index is 5.60. The van der Waals surface area contributed by atoms with Crippen LogP contribution < -0.4 is 10.1 Å². The Morgan fingerprint density at radius 1 is 1.21 bits per heavy atom. The molecule has 0 bridgehead atoms. The first kappa shape index (κ1) is 14.4. The Bertz CT molecular complexity index is 354. The molecule has 1 saturated carbocycles. The van der Waals surface area contributed by atoms with Crippen LogP contribution in [0.5, 0.6) is 5.75 Å². The summed E-state index contributed by atoms with van der Waals surface area (Å²) in [5.74, 6) is 1.86. The van der Waals surface area contributed by atoms with E-state index in [1.807, 2.05) is 0 Å². The number of hydrogen-bond donors (Lipinski definition) is 1. The number of ether oxygens (including phenoxy) is 1. The molecule has 0 amide bonds. The van der Waals surface area contributed by atoms with Crippen molar-refractivity contribution in [3.8, 4) is 5.75 Å². The molecule has 0 saturated heterocycles. The van der Waals surface area contributed by atoms with E-state index in [1.54, 1.807) is 0 Å². The lowest BCUT2D eigenvalue weighted by Crippen LogP contribution is -2.31. The third kappa shape index (κ3) is 4.54. The number of benzene rings is 1. The van der Waals surface area contributed by atoms with Crippen molar-refractivity contribution >= 4 is 0 Å².